The highest BCUT2D eigenvalue weighted by Gasteiger charge is 2.35. The Morgan fingerprint density at radius 1 is 1.61 bits per heavy atom. The number of carbonyl (C=O) groups is 1. The van der Waals surface area contributed by atoms with Crippen molar-refractivity contribution in [2.75, 3.05) is 24.6 Å². The van der Waals surface area contributed by atoms with Crippen LogP contribution in [0.1, 0.15) is 19.8 Å². The molecular weight excluding hydrogens is 252 g/mol. The number of hydrogen-bond donors (Lipinski definition) is 1. The van der Waals surface area contributed by atoms with Crippen LogP contribution in [0.15, 0.2) is 0 Å². The molecule has 0 aromatic heterocycles. The molecule has 1 amide bonds. The van der Waals surface area contributed by atoms with Crippen LogP contribution in [0, 0.1) is 18.3 Å². The van der Waals surface area contributed by atoms with E-state index in [1.165, 1.54) is 4.90 Å². The molecule has 5 nitrogen and oxygen atoms in total. The number of nitrogens with zero attached hydrogens (tertiary/aromatic N) is 1. The van der Waals surface area contributed by atoms with Crippen molar-refractivity contribution >= 4 is 15.7 Å². The van der Waals surface area contributed by atoms with Gasteiger partial charge in [0.05, 0.1) is 24.0 Å². The molecule has 0 saturated carbocycles. The third kappa shape index (κ3) is 3.47. The molecule has 0 aromatic carbocycles. The van der Waals surface area contributed by atoms with Gasteiger partial charge in [-0.3, -0.25) is 4.79 Å². The second-order valence-corrected chi connectivity index (χ2v) is 6.80. The summed E-state index contributed by atoms with van der Waals surface area (Å²) in [7, 11) is -3.03. The molecular formula is C12H20N2O3S. The zero-order chi connectivity index (χ0) is 13.8. The highest BCUT2D eigenvalue weighted by atomic mass is 32.2. The van der Waals surface area contributed by atoms with Gasteiger partial charge in [0.2, 0.25) is 5.91 Å². The van der Waals surface area contributed by atoms with Crippen molar-refractivity contribution in [3.63, 3.8) is 0 Å². The van der Waals surface area contributed by atoms with Crippen molar-refractivity contribution < 1.29 is 13.2 Å². The largest absolute Gasteiger partial charge is 0.330 e. The molecule has 0 spiro atoms. The molecule has 0 radical (unpaired) electrons. The number of nitrogens with two attached hydrogens (primary N) is 1. The predicted octanol–water partition coefficient (Wildman–Crippen LogP) is -0.380. The average Bonchev–Trinajstić information content (AvgIpc) is 2.67. The minimum Gasteiger partial charge on any atom is -0.330 e. The standard InChI is InChI=1S/C12H20N2O3S/c1-3-6-14(12(15)10(4-2)8-13)11-5-7-18(16,17)9-11/h1,10-11H,4-9,13H2,2H3. The first kappa shape index (κ1) is 15.0. The number of amides is 1. The lowest BCUT2D eigenvalue weighted by Gasteiger charge is -2.29. The van der Waals surface area contributed by atoms with E-state index < -0.39 is 9.84 Å². The van der Waals surface area contributed by atoms with Crippen LogP contribution in [0.5, 0.6) is 0 Å². The summed E-state index contributed by atoms with van der Waals surface area (Å²) in [6.07, 6.45) is 6.36. The van der Waals surface area contributed by atoms with Crippen molar-refractivity contribution in [2.45, 2.75) is 25.8 Å². The summed E-state index contributed by atoms with van der Waals surface area (Å²) in [6, 6.07) is -0.292. The Kier molecular flexibility index (Phi) is 5.17. The van der Waals surface area contributed by atoms with Gasteiger partial charge in [0.1, 0.15) is 0 Å². The molecule has 1 fully saturated rings. The number of terminal acetylenes is 1. The molecule has 1 aliphatic heterocycles. The average molecular weight is 272 g/mol. The Hall–Kier alpha value is -1.06. The van der Waals surface area contributed by atoms with Crippen LogP contribution >= 0.6 is 0 Å². The molecule has 1 saturated heterocycles. The normalized spacial score (nSPS) is 23.3. The van der Waals surface area contributed by atoms with Crippen LogP contribution in [0.2, 0.25) is 0 Å². The Morgan fingerprint density at radius 2 is 2.28 bits per heavy atom. The Balaban J connectivity index is 2.84. The van der Waals surface area contributed by atoms with E-state index in [4.69, 9.17) is 12.2 Å². The van der Waals surface area contributed by atoms with Gasteiger partial charge in [-0.15, -0.1) is 6.42 Å². The summed E-state index contributed by atoms with van der Waals surface area (Å²) in [4.78, 5) is 13.8. The van der Waals surface area contributed by atoms with Crippen molar-refractivity contribution in [3.8, 4) is 12.3 Å². The minimum atomic E-state index is -3.03. The summed E-state index contributed by atoms with van der Waals surface area (Å²) < 4.78 is 22.9. The van der Waals surface area contributed by atoms with Crippen LogP contribution in [0.3, 0.4) is 0 Å². The zero-order valence-corrected chi connectivity index (χ0v) is 11.4. The summed E-state index contributed by atoms with van der Waals surface area (Å²) in [5.41, 5.74) is 5.55. The third-order valence-electron chi connectivity index (χ3n) is 3.32. The third-order valence-corrected chi connectivity index (χ3v) is 5.07. The SMILES string of the molecule is C#CCN(C(=O)C(CC)CN)C1CCS(=O)(=O)C1. The van der Waals surface area contributed by atoms with Crippen molar-refractivity contribution in [3.05, 3.63) is 0 Å². The van der Waals surface area contributed by atoms with Crippen molar-refractivity contribution in [2.24, 2.45) is 11.7 Å². The molecule has 18 heavy (non-hydrogen) atoms. The maximum absolute atomic E-state index is 12.2. The van der Waals surface area contributed by atoms with Crippen LogP contribution < -0.4 is 5.73 Å². The van der Waals surface area contributed by atoms with E-state index in [0.717, 1.165) is 0 Å². The monoisotopic (exact) mass is 272 g/mol. The van der Waals surface area contributed by atoms with E-state index in [1.807, 2.05) is 6.92 Å². The van der Waals surface area contributed by atoms with Gasteiger partial charge in [-0.1, -0.05) is 12.8 Å². The molecule has 2 atom stereocenters. The lowest BCUT2D eigenvalue weighted by molar-refractivity contribution is -0.136. The number of carbonyl (C=O) groups excluding carboxylic acids is 1. The van der Waals surface area contributed by atoms with Crippen molar-refractivity contribution in [1.29, 1.82) is 0 Å². The van der Waals surface area contributed by atoms with Gasteiger partial charge in [0.15, 0.2) is 9.84 Å². The number of hydrogen-bond acceptors (Lipinski definition) is 4. The zero-order valence-electron chi connectivity index (χ0n) is 10.6. The van der Waals surface area contributed by atoms with E-state index >= 15 is 0 Å². The van der Waals surface area contributed by atoms with Gasteiger partial charge in [-0.05, 0) is 12.8 Å². The summed E-state index contributed by atoms with van der Waals surface area (Å²) >= 11 is 0. The van der Waals surface area contributed by atoms with E-state index in [1.54, 1.807) is 0 Å². The summed E-state index contributed by atoms with van der Waals surface area (Å²) in [5, 5.41) is 0. The van der Waals surface area contributed by atoms with Crippen LogP contribution in [-0.2, 0) is 14.6 Å². The molecule has 102 valence electrons. The van der Waals surface area contributed by atoms with Gasteiger partial charge in [0.25, 0.3) is 0 Å². The quantitative estimate of drug-likeness (QED) is 0.692. The lowest BCUT2D eigenvalue weighted by atomic mass is 10.0. The van der Waals surface area contributed by atoms with E-state index in [-0.39, 0.29) is 42.5 Å². The van der Waals surface area contributed by atoms with Crippen LogP contribution in [0.25, 0.3) is 0 Å². The van der Waals surface area contributed by atoms with Gasteiger partial charge >= 0.3 is 0 Å². The van der Waals surface area contributed by atoms with E-state index in [0.29, 0.717) is 12.8 Å². The van der Waals surface area contributed by atoms with E-state index in [2.05, 4.69) is 5.92 Å². The first-order valence-corrected chi connectivity index (χ1v) is 7.91. The number of sulfone groups is 1. The highest BCUT2D eigenvalue weighted by molar-refractivity contribution is 7.91. The Bertz CT molecular complexity index is 435. The maximum Gasteiger partial charge on any atom is 0.228 e. The lowest BCUT2D eigenvalue weighted by Crippen LogP contribution is -2.46. The molecule has 1 heterocycles. The fourth-order valence-electron chi connectivity index (χ4n) is 2.18. The van der Waals surface area contributed by atoms with Crippen molar-refractivity contribution in [1.82, 2.24) is 4.90 Å². The fraction of sp³-hybridized carbons (Fsp3) is 0.750. The van der Waals surface area contributed by atoms with Gasteiger partial charge < -0.3 is 10.6 Å². The molecule has 6 heteroatoms. The molecule has 0 aromatic rings. The van der Waals surface area contributed by atoms with E-state index in [9.17, 15) is 13.2 Å². The van der Waals surface area contributed by atoms with Gasteiger partial charge in [0, 0.05) is 12.6 Å². The summed E-state index contributed by atoms with van der Waals surface area (Å²) in [6.45, 7) is 2.29. The van der Waals surface area contributed by atoms with Gasteiger partial charge in [-0.25, -0.2) is 8.42 Å². The van der Waals surface area contributed by atoms with Crippen LogP contribution in [-0.4, -0.2) is 49.9 Å². The molecule has 1 rings (SSSR count). The second-order valence-electron chi connectivity index (χ2n) is 4.57. The number of rotatable bonds is 5. The van der Waals surface area contributed by atoms with Gasteiger partial charge in [-0.2, -0.15) is 0 Å². The molecule has 0 aliphatic carbocycles. The molecule has 2 N–H and O–H groups in total. The van der Waals surface area contributed by atoms with Crippen LogP contribution in [0.4, 0.5) is 0 Å². The molecule has 0 bridgehead atoms. The Morgan fingerprint density at radius 3 is 2.67 bits per heavy atom. The first-order chi connectivity index (χ1) is 8.45. The highest BCUT2D eigenvalue weighted by Crippen LogP contribution is 2.20. The topological polar surface area (TPSA) is 80.5 Å². The second kappa shape index (κ2) is 6.21. The predicted molar refractivity (Wildman–Crippen MR) is 70.4 cm³/mol. The molecule has 1 aliphatic rings. The molecule has 2 unspecified atom stereocenters. The first-order valence-electron chi connectivity index (χ1n) is 6.09. The minimum absolute atomic E-state index is 0.0153. The fourth-order valence-corrected chi connectivity index (χ4v) is 3.91. The smallest absolute Gasteiger partial charge is 0.228 e. The Labute approximate surface area is 109 Å². The maximum atomic E-state index is 12.2. The summed E-state index contributed by atoms with van der Waals surface area (Å²) in [5.74, 6) is 2.17.